The first-order valence-electron chi connectivity index (χ1n) is 5.60. The fraction of sp³-hybridized carbons (Fsp3) is 0.417. The summed E-state index contributed by atoms with van der Waals surface area (Å²) in [5.74, 6) is -0.506. The molecular weight excluding hydrogens is 255 g/mol. The summed E-state index contributed by atoms with van der Waals surface area (Å²) in [5.41, 5.74) is -0.276. The largest absolute Gasteiger partial charge is 0.240 e. The molecule has 0 aliphatic rings. The number of hydrogen-bond donors (Lipinski definition) is 1. The molecule has 1 atom stereocenters. The van der Waals surface area contributed by atoms with Gasteiger partial charge in [-0.25, -0.2) is 17.5 Å². The molecule has 1 aromatic rings. The number of sulfonamides is 1. The number of nitrogens with zero attached hydrogens (tertiary/aromatic N) is 1. The first-order valence-corrected chi connectivity index (χ1v) is 7.08. The summed E-state index contributed by atoms with van der Waals surface area (Å²) in [6, 6.07) is 4.78. The minimum absolute atomic E-state index is 0.0937. The molecule has 18 heavy (non-hydrogen) atoms. The van der Waals surface area contributed by atoms with Crippen LogP contribution in [0.1, 0.15) is 25.8 Å². The molecule has 0 saturated heterocycles. The van der Waals surface area contributed by atoms with E-state index < -0.39 is 15.8 Å². The molecule has 0 spiro atoms. The van der Waals surface area contributed by atoms with Crippen molar-refractivity contribution in [1.29, 1.82) is 5.26 Å². The Bertz CT molecular complexity index is 564. The first kappa shape index (κ1) is 14.6. The summed E-state index contributed by atoms with van der Waals surface area (Å²) < 4.78 is 39.3. The maximum absolute atomic E-state index is 13.1. The number of nitriles is 1. The average Bonchev–Trinajstić information content (AvgIpc) is 2.36. The molecule has 4 nitrogen and oxygen atoms in total. The molecule has 0 fully saturated rings. The van der Waals surface area contributed by atoms with Crippen LogP contribution in [0.4, 0.5) is 4.39 Å². The minimum atomic E-state index is -3.68. The Balaban J connectivity index is 2.96. The highest BCUT2D eigenvalue weighted by molar-refractivity contribution is 7.89. The molecule has 0 saturated carbocycles. The molecular formula is C12H15FN2O2S. The lowest BCUT2D eigenvalue weighted by Gasteiger charge is -2.11. The molecule has 1 N–H and O–H groups in total. The van der Waals surface area contributed by atoms with Crippen LogP contribution in [0.5, 0.6) is 0 Å². The van der Waals surface area contributed by atoms with Gasteiger partial charge in [-0.3, -0.25) is 0 Å². The van der Waals surface area contributed by atoms with Gasteiger partial charge in [-0.1, -0.05) is 20.3 Å². The molecule has 0 aliphatic heterocycles. The Hall–Kier alpha value is -1.45. The molecule has 1 unspecified atom stereocenters. The van der Waals surface area contributed by atoms with Crippen molar-refractivity contribution in [2.75, 3.05) is 6.54 Å². The number of halogens is 1. The highest BCUT2D eigenvalue weighted by atomic mass is 32.2. The van der Waals surface area contributed by atoms with Gasteiger partial charge in [-0.05, 0) is 24.1 Å². The van der Waals surface area contributed by atoms with Crippen molar-refractivity contribution in [3.8, 4) is 6.07 Å². The van der Waals surface area contributed by atoms with Crippen LogP contribution < -0.4 is 4.72 Å². The average molecular weight is 270 g/mol. The van der Waals surface area contributed by atoms with Crippen molar-refractivity contribution in [2.45, 2.75) is 25.2 Å². The van der Waals surface area contributed by atoms with Gasteiger partial charge in [0.2, 0.25) is 10.0 Å². The van der Waals surface area contributed by atoms with Crippen LogP contribution in [0.2, 0.25) is 0 Å². The molecule has 0 radical (unpaired) electrons. The lowest BCUT2D eigenvalue weighted by Crippen LogP contribution is -2.28. The SMILES string of the molecule is CCC(C)CNS(=O)(=O)c1ccc(F)c(C#N)c1. The van der Waals surface area contributed by atoms with Gasteiger partial charge in [0.1, 0.15) is 11.9 Å². The fourth-order valence-electron chi connectivity index (χ4n) is 1.24. The van der Waals surface area contributed by atoms with E-state index in [0.29, 0.717) is 6.54 Å². The Morgan fingerprint density at radius 1 is 1.50 bits per heavy atom. The zero-order valence-electron chi connectivity index (χ0n) is 10.3. The molecule has 0 amide bonds. The van der Waals surface area contributed by atoms with E-state index in [1.165, 1.54) is 0 Å². The standard InChI is InChI=1S/C12H15FN2O2S/c1-3-9(2)8-15-18(16,17)11-4-5-12(13)10(6-11)7-14/h4-6,9,15H,3,8H2,1-2H3. The van der Waals surface area contributed by atoms with E-state index in [1.54, 1.807) is 6.07 Å². The minimum Gasteiger partial charge on any atom is -0.211 e. The first-order chi connectivity index (χ1) is 8.40. The fourth-order valence-corrected chi connectivity index (χ4v) is 2.43. The van der Waals surface area contributed by atoms with E-state index in [4.69, 9.17) is 5.26 Å². The Morgan fingerprint density at radius 3 is 2.72 bits per heavy atom. The van der Waals surface area contributed by atoms with Gasteiger partial charge < -0.3 is 0 Å². The van der Waals surface area contributed by atoms with Gasteiger partial charge in [0, 0.05) is 6.54 Å². The second-order valence-corrected chi connectivity index (χ2v) is 5.89. The van der Waals surface area contributed by atoms with Crippen molar-refractivity contribution in [1.82, 2.24) is 4.72 Å². The maximum Gasteiger partial charge on any atom is 0.240 e. The Labute approximate surface area is 106 Å². The quantitative estimate of drug-likeness (QED) is 0.889. The van der Waals surface area contributed by atoms with E-state index in [0.717, 1.165) is 24.6 Å². The third-order valence-corrected chi connectivity index (χ3v) is 4.11. The second kappa shape index (κ2) is 5.94. The van der Waals surface area contributed by atoms with Gasteiger partial charge in [0.05, 0.1) is 10.5 Å². The van der Waals surface area contributed by atoms with Crippen molar-refractivity contribution in [3.63, 3.8) is 0 Å². The molecule has 0 heterocycles. The molecule has 0 bridgehead atoms. The zero-order chi connectivity index (χ0) is 13.8. The van der Waals surface area contributed by atoms with E-state index in [9.17, 15) is 12.8 Å². The molecule has 6 heteroatoms. The third kappa shape index (κ3) is 3.52. The predicted octanol–water partition coefficient (Wildman–Crippen LogP) is 2.02. The van der Waals surface area contributed by atoms with Gasteiger partial charge in [-0.2, -0.15) is 5.26 Å². The Morgan fingerprint density at radius 2 is 2.17 bits per heavy atom. The van der Waals surface area contributed by atoms with E-state index in [-0.39, 0.29) is 16.4 Å². The molecule has 0 aromatic heterocycles. The smallest absolute Gasteiger partial charge is 0.211 e. The zero-order valence-corrected chi connectivity index (χ0v) is 11.1. The van der Waals surface area contributed by atoms with Crippen LogP contribution in [-0.2, 0) is 10.0 Å². The van der Waals surface area contributed by atoms with Crippen molar-refractivity contribution in [2.24, 2.45) is 5.92 Å². The van der Waals surface area contributed by atoms with Crippen LogP contribution in [0.15, 0.2) is 23.1 Å². The van der Waals surface area contributed by atoms with Crippen molar-refractivity contribution >= 4 is 10.0 Å². The highest BCUT2D eigenvalue weighted by Gasteiger charge is 2.16. The third-order valence-electron chi connectivity index (χ3n) is 2.69. The second-order valence-electron chi connectivity index (χ2n) is 4.12. The van der Waals surface area contributed by atoms with Crippen LogP contribution in [-0.4, -0.2) is 15.0 Å². The lowest BCUT2D eigenvalue weighted by atomic mass is 10.1. The van der Waals surface area contributed by atoms with Crippen LogP contribution in [0.3, 0.4) is 0 Å². The van der Waals surface area contributed by atoms with Crippen molar-refractivity contribution < 1.29 is 12.8 Å². The molecule has 98 valence electrons. The maximum atomic E-state index is 13.1. The summed E-state index contributed by atoms with van der Waals surface area (Å²) in [5, 5.41) is 8.66. The summed E-state index contributed by atoms with van der Waals surface area (Å²) in [4.78, 5) is -0.0937. The lowest BCUT2D eigenvalue weighted by molar-refractivity contribution is 0.528. The summed E-state index contributed by atoms with van der Waals surface area (Å²) in [7, 11) is -3.68. The molecule has 1 rings (SSSR count). The number of hydrogen-bond acceptors (Lipinski definition) is 3. The summed E-state index contributed by atoms with van der Waals surface area (Å²) in [6.07, 6.45) is 0.857. The monoisotopic (exact) mass is 270 g/mol. The van der Waals surface area contributed by atoms with Gasteiger partial charge in [0.15, 0.2) is 0 Å². The summed E-state index contributed by atoms with van der Waals surface area (Å²) >= 11 is 0. The van der Waals surface area contributed by atoms with Crippen LogP contribution in [0.25, 0.3) is 0 Å². The Kier molecular flexibility index (Phi) is 4.82. The number of nitrogens with one attached hydrogen (secondary N) is 1. The summed E-state index contributed by atoms with van der Waals surface area (Å²) in [6.45, 7) is 4.20. The van der Waals surface area contributed by atoms with Gasteiger partial charge >= 0.3 is 0 Å². The molecule has 0 aliphatic carbocycles. The van der Waals surface area contributed by atoms with Crippen LogP contribution >= 0.6 is 0 Å². The normalized spacial score (nSPS) is 13.0. The predicted molar refractivity (Wildman–Crippen MR) is 65.8 cm³/mol. The van der Waals surface area contributed by atoms with Crippen LogP contribution in [0, 0.1) is 23.1 Å². The van der Waals surface area contributed by atoms with Gasteiger partial charge in [0.25, 0.3) is 0 Å². The van der Waals surface area contributed by atoms with Crippen molar-refractivity contribution in [3.05, 3.63) is 29.6 Å². The topological polar surface area (TPSA) is 70.0 Å². The van der Waals surface area contributed by atoms with E-state index in [1.807, 2.05) is 13.8 Å². The number of rotatable bonds is 5. The van der Waals surface area contributed by atoms with Gasteiger partial charge in [-0.15, -0.1) is 0 Å². The molecule has 1 aromatic carbocycles. The number of benzene rings is 1. The van der Waals surface area contributed by atoms with E-state index in [2.05, 4.69) is 4.72 Å². The van der Waals surface area contributed by atoms with E-state index >= 15 is 0 Å². The highest BCUT2D eigenvalue weighted by Crippen LogP contribution is 2.14.